The molecule has 6 heteroatoms. The molecule has 0 aromatic heterocycles. The Morgan fingerprint density at radius 3 is 2.32 bits per heavy atom. The van der Waals surface area contributed by atoms with Crippen LogP contribution in [-0.2, 0) is 11.4 Å². The van der Waals surface area contributed by atoms with Gasteiger partial charge in [-0.3, -0.25) is 4.79 Å². The summed E-state index contributed by atoms with van der Waals surface area (Å²) in [7, 11) is 0. The number of hydrogen-bond donors (Lipinski definition) is 2. The first-order valence-electron chi connectivity index (χ1n) is 8.57. The van der Waals surface area contributed by atoms with Gasteiger partial charge in [-0.2, -0.15) is 0 Å². The summed E-state index contributed by atoms with van der Waals surface area (Å²) >= 11 is 12.6. The highest BCUT2D eigenvalue weighted by Gasteiger charge is 2.26. The Morgan fingerprint density at radius 1 is 1.07 bits per heavy atom. The van der Waals surface area contributed by atoms with Crippen molar-refractivity contribution >= 4 is 29.1 Å². The average molecular weight is 418 g/mol. The molecule has 3 nitrogen and oxygen atoms in total. The van der Waals surface area contributed by atoms with E-state index in [0.717, 1.165) is 5.56 Å². The fraction of sp³-hybridized carbons (Fsp3) is 0.136. The van der Waals surface area contributed by atoms with Crippen LogP contribution in [-0.4, -0.2) is 11.0 Å². The zero-order valence-electron chi connectivity index (χ0n) is 15.0. The standard InChI is InChI=1S/C22H18Cl2FNO2/c1-12-9-15(25)7-8-16(12)17-10-13(5-6-14(17)11-27)20(22(26)28)21-18(23)3-2-4-19(21)24/h2-10,20,27H,11H2,1H3,(H2,26,28). The Bertz CT molecular complexity index is 1030. The molecule has 3 aromatic carbocycles. The molecule has 3 aromatic rings. The van der Waals surface area contributed by atoms with Gasteiger partial charge in [0.05, 0.1) is 12.5 Å². The molecule has 0 spiro atoms. The summed E-state index contributed by atoms with van der Waals surface area (Å²) in [5, 5.41) is 10.4. The molecule has 0 fully saturated rings. The van der Waals surface area contributed by atoms with Crippen LogP contribution in [0.15, 0.2) is 54.6 Å². The molecular formula is C22H18Cl2FNO2. The minimum atomic E-state index is -0.867. The largest absolute Gasteiger partial charge is 0.392 e. The van der Waals surface area contributed by atoms with E-state index in [1.807, 2.05) is 0 Å². The van der Waals surface area contributed by atoms with Crippen molar-refractivity contribution in [3.63, 3.8) is 0 Å². The van der Waals surface area contributed by atoms with E-state index in [4.69, 9.17) is 28.9 Å². The molecule has 28 heavy (non-hydrogen) atoms. The van der Waals surface area contributed by atoms with Crippen LogP contribution in [0.25, 0.3) is 11.1 Å². The van der Waals surface area contributed by atoms with Gasteiger partial charge in [-0.15, -0.1) is 0 Å². The number of aliphatic hydroxyl groups excluding tert-OH is 1. The quantitative estimate of drug-likeness (QED) is 0.597. The van der Waals surface area contributed by atoms with Crippen LogP contribution in [0.4, 0.5) is 4.39 Å². The highest BCUT2D eigenvalue weighted by molar-refractivity contribution is 6.36. The molecule has 144 valence electrons. The van der Waals surface area contributed by atoms with E-state index in [-0.39, 0.29) is 12.4 Å². The number of halogens is 3. The van der Waals surface area contributed by atoms with Crippen molar-refractivity contribution < 1.29 is 14.3 Å². The van der Waals surface area contributed by atoms with Crippen LogP contribution < -0.4 is 5.73 Å². The molecule has 3 N–H and O–H groups in total. The van der Waals surface area contributed by atoms with Gasteiger partial charge < -0.3 is 10.8 Å². The van der Waals surface area contributed by atoms with Gasteiger partial charge in [0.1, 0.15) is 5.82 Å². The van der Waals surface area contributed by atoms with E-state index in [1.165, 1.54) is 12.1 Å². The van der Waals surface area contributed by atoms with Gasteiger partial charge in [0.25, 0.3) is 0 Å². The number of carbonyl (C=O) groups excluding carboxylic acids is 1. The van der Waals surface area contributed by atoms with Gasteiger partial charge >= 0.3 is 0 Å². The van der Waals surface area contributed by atoms with Crippen molar-refractivity contribution in [2.24, 2.45) is 5.73 Å². The minimum Gasteiger partial charge on any atom is -0.392 e. The minimum absolute atomic E-state index is 0.208. The molecule has 0 aliphatic rings. The first-order valence-corrected chi connectivity index (χ1v) is 9.32. The SMILES string of the molecule is Cc1cc(F)ccc1-c1cc(C(C(N)=O)c2c(Cl)cccc2Cl)ccc1CO. The second-order valence-corrected chi connectivity index (χ2v) is 7.32. The first-order chi connectivity index (χ1) is 13.3. The van der Waals surface area contributed by atoms with Crippen LogP contribution in [0.3, 0.4) is 0 Å². The number of hydrogen-bond acceptors (Lipinski definition) is 2. The highest BCUT2D eigenvalue weighted by Crippen LogP contribution is 2.38. The van der Waals surface area contributed by atoms with Gasteiger partial charge in [0.15, 0.2) is 0 Å². The number of benzene rings is 3. The molecule has 0 aliphatic heterocycles. The molecule has 0 bridgehead atoms. The average Bonchev–Trinajstić information content (AvgIpc) is 2.64. The Morgan fingerprint density at radius 2 is 1.75 bits per heavy atom. The second kappa shape index (κ2) is 8.31. The lowest BCUT2D eigenvalue weighted by molar-refractivity contribution is -0.118. The number of carbonyl (C=O) groups is 1. The monoisotopic (exact) mass is 417 g/mol. The van der Waals surface area contributed by atoms with E-state index in [1.54, 1.807) is 49.4 Å². The van der Waals surface area contributed by atoms with Gasteiger partial charge in [-0.1, -0.05) is 47.5 Å². The molecule has 3 rings (SSSR count). The van der Waals surface area contributed by atoms with Gasteiger partial charge in [-0.05, 0) is 65.1 Å². The number of rotatable bonds is 5. The third kappa shape index (κ3) is 3.90. The maximum absolute atomic E-state index is 13.5. The third-order valence-corrected chi connectivity index (χ3v) is 5.35. The molecular weight excluding hydrogens is 400 g/mol. The lowest BCUT2D eigenvalue weighted by atomic mass is 9.86. The van der Waals surface area contributed by atoms with Crippen molar-refractivity contribution in [2.45, 2.75) is 19.4 Å². The van der Waals surface area contributed by atoms with Crippen molar-refractivity contribution in [3.8, 4) is 11.1 Å². The molecule has 1 unspecified atom stereocenters. The predicted molar refractivity (Wildman–Crippen MR) is 110 cm³/mol. The van der Waals surface area contributed by atoms with Crippen LogP contribution in [0.2, 0.25) is 10.0 Å². The van der Waals surface area contributed by atoms with Crippen LogP contribution in [0.5, 0.6) is 0 Å². The Labute approximate surface area is 172 Å². The fourth-order valence-electron chi connectivity index (χ4n) is 3.35. The number of primary amides is 1. The van der Waals surface area contributed by atoms with E-state index in [2.05, 4.69) is 0 Å². The Hall–Kier alpha value is -2.40. The van der Waals surface area contributed by atoms with Crippen LogP contribution in [0.1, 0.15) is 28.2 Å². The Kier molecular flexibility index (Phi) is 6.04. The summed E-state index contributed by atoms with van der Waals surface area (Å²) < 4.78 is 13.5. The smallest absolute Gasteiger partial charge is 0.229 e. The summed E-state index contributed by atoms with van der Waals surface area (Å²) in [6.45, 7) is 1.57. The third-order valence-electron chi connectivity index (χ3n) is 4.69. The molecule has 0 heterocycles. The maximum Gasteiger partial charge on any atom is 0.229 e. The van der Waals surface area contributed by atoms with Gasteiger partial charge in [-0.25, -0.2) is 4.39 Å². The van der Waals surface area contributed by atoms with Crippen LogP contribution in [0, 0.1) is 12.7 Å². The molecule has 0 saturated heterocycles. The molecule has 1 amide bonds. The summed E-state index contributed by atoms with van der Waals surface area (Å²) in [4.78, 5) is 12.3. The number of aryl methyl sites for hydroxylation is 1. The Balaban J connectivity index is 2.23. The molecule has 0 saturated carbocycles. The number of aliphatic hydroxyl groups is 1. The molecule has 1 atom stereocenters. The summed E-state index contributed by atoms with van der Waals surface area (Å²) in [5.74, 6) is -1.82. The van der Waals surface area contributed by atoms with E-state index < -0.39 is 11.8 Å². The molecule has 0 radical (unpaired) electrons. The van der Waals surface area contributed by atoms with Crippen molar-refractivity contribution in [2.75, 3.05) is 0 Å². The number of nitrogens with two attached hydrogens (primary N) is 1. The van der Waals surface area contributed by atoms with Crippen molar-refractivity contribution in [3.05, 3.63) is 92.7 Å². The lowest BCUT2D eigenvalue weighted by Crippen LogP contribution is -2.23. The molecule has 0 aliphatic carbocycles. The summed E-state index contributed by atoms with van der Waals surface area (Å²) in [6, 6.07) is 14.6. The van der Waals surface area contributed by atoms with Crippen molar-refractivity contribution in [1.82, 2.24) is 0 Å². The van der Waals surface area contributed by atoms with Crippen LogP contribution >= 0.6 is 23.2 Å². The van der Waals surface area contributed by atoms with Gasteiger partial charge in [0, 0.05) is 15.6 Å². The van der Waals surface area contributed by atoms with Gasteiger partial charge in [0.2, 0.25) is 5.91 Å². The first kappa shape index (κ1) is 20.3. The van der Waals surface area contributed by atoms with Crippen molar-refractivity contribution in [1.29, 1.82) is 0 Å². The summed E-state index contributed by atoms with van der Waals surface area (Å²) in [5.41, 5.74) is 9.49. The maximum atomic E-state index is 13.5. The normalized spacial score (nSPS) is 12.0. The van der Waals surface area contributed by atoms with E-state index in [9.17, 15) is 14.3 Å². The predicted octanol–water partition coefficient (Wildman–Crippen LogP) is 5.22. The fourth-order valence-corrected chi connectivity index (χ4v) is 3.97. The number of amides is 1. The van der Waals surface area contributed by atoms with E-state index >= 15 is 0 Å². The zero-order valence-corrected chi connectivity index (χ0v) is 16.6. The lowest BCUT2D eigenvalue weighted by Gasteiger charge is -2.20. The second-order valence-electron chi connectivity index (χ2n) is 6.50. The zero-order chi connectivity index (χ0) is 20.4. The summed E-state index contributed by atoms with van der Waals surface area (Å²) in [6.07, 6.45) is 0. The topological polar surface area (TPSA) is 63.3 Å². The highest BCUT2D eigenvalue weighted by atomic mass is 35.5. The van der Waals surface area contributed by atoms with E-state index in [0.29, 0.717) is 37.9 Å².